The largest absolute Gasteiger partial charge is 0.486 e. The Morgan fingerprint density at radius 2 is 1.52 bits per heavy atom. The standard InChI is InChI=1S/C13H8Cl4O3S/c14-10-4-2-1-3-8(10)7-20-13-11(15)5-9(6-12(13)16)21(17,18)19/h1-6H,7H2. The van der Waals surface area contributed by atoms with Gasteiger partial charge in [0.2, 0.25) is 0 Å². The highest BCUT2D eigenvalue weighted by Crippen LogP contribution is 2.37. The van der Waals surface area contributed by atoms with E-state index in [9.17, 15) is 8.42 Å². The number of rotatable bonds is 4. The molecule has 0 N–H and O–H groups in total. The molecule has 0 spiro atoms. The average molecular weight is 386 g/mol. The van der Waals surface area contributed by atoms with Gasteiger partial charge in [-0.2, -0.15) is 0 Å². The Balaban J connectivity index is 2.28. The number of ether oxygens (including phenoxy) is 1. The fourth-order valence-corrected chi connectivity index (χ4v) is 3.28. The summed E-state index contributed by atoms with van der Waals surface area (Å²) in [6.45, 7) is 0.145. The molecule has 0 radical (unpaired) electrons. The van der Waals surface area contributed by atoms with Crippen molar-refractivity contribution in [2.24, 2.45) is 0 Å². The van der Waals surface area contributed by atoms with Crippen LogP contribution in [0.3, 0.4) is 0 Å². The second-order valence-electron chi connectivity index (χ2n) is 4.03. The lowest BCUT2D eigenvalue weighted by Crippen LogP contribution is -1.99. The first-order valence-electron chi connectivity index (χ1n) is 5.59. The normalized spacial score (nSPS) is 11.4. The first-order chi connectivity index (χ1) is 9.79. The molecule has 8 heteroatoms. The van der Waals surface area contributed by atoms with E-state index in [1.807, 2.05) is 6.07 Å². The van der Waals surface area contributed by atoms with E-state index < -0.39 is 9.05 Å². The van der Waals surface area contributed by atoms with Gasteiger partial charge in [0.05, 0.1) is 14.9 Å². The Labute approximate surface area is 141 Å². The smallest absolute Gasteiger partial charge is 0.261 e. The van der Waals surface area contributed by atoms with Crippen LogP contribution in [-0.4, -0.2) is 8.42 Å². The highest BCUT2D eigenvalue weighted by atomic mass is 35.7. The molecule has 0 bridgehead atoms. The van der Waals surface area contributed by atoms with E-state index in [1.54, 1.807) is 18.2 Å². The number of hydrogen-bond acceptors (Lipinski definition) is 3. The van der Waals surface area contributed by atoms with Gasteiger partial charge in [-0.05, 0) is 18.2 Å². The molecule has 0 aliphatic heterocycles. The van der Waals surface area contributed by atoms with Crippen LogP contribution in [0.15, 0.2) is 41.3 Å². The monoisotopic (exact) mass is 384 g/mol. The summed E-state index contributed by atoms with van der Waals surface area (Å²) in [5.41, 5.74) is 0.750. The molecule has 0 aromatic heterocycles. The molecule has 2 rings (SSSR count). The lowest BCUT2D eigenvalue weighted by atomic mass is 10.2. The number of hydrogen-bond donors (Lipinski definition) is 0. The minimum atomic E-state index is -3.91. The van der Waals surface area contributed by atoms with Crippen LogP contribution in [0, 0.1) is 0 Å². The lowest BCUT2D eigenvalue weighted by molar-refractivity contribution is 0.306. The first-order valence-corrected chi connectivity index (χ1v) is 9.03. The third-order valence-electron chi connectivity index (χ3n) is 2.58. The van der Waals surface area contributed by atoms with Crippen molar-refractivity contribution >= 4 is 54.5 Å². The Morgan fingerprint density at radius 3 is 2.05 bits per heavy atom. The van der Waals surface area contributed by atoms with E-state index in [-0.39, 0.29) is 27.3 Å². The highest BCUT2D eigenvalue weighted by Gasteiger charge is 2.17. The maximum Gasteiger partial charge on any atom is 0.261 e. The van der Waals surface area contributed by atoms with Crippen molar-refractivity contribution in [2.75, 3.05) is 0 Å². The van der Waals surface area contributed by atoms with E-state index in [2.05, 4.69) is 0 Å². The molecule has 0 heterocycles. The van der Waals surface area contributed by atoms with Crippen LogP contribution in [0.4, 0.5) is 0 Å². The molecule has 112 valence electrons. The van der Waals surface area contributed by atoms with E-state index in [4.69, 9.17) is 50.2 Å². The van der Waals surface area contributed by atoms with E-state index >= 15 is 0 Å². The SMILES string of the molecule is O=S(=O)(Cl)c1cc(Cl)c(OCc2ccccc2Cl)c(Cl)c1. The van der Waals surface area contributed by atoms with Crippen molar-refractivity contribution in [3.63, 3.8) is 0 Å². The molecule has 0 saturated heterocycles. The Hall–Kier alpha value is -0.650. The predicted molar refractivity (Wildman–Crippen MR) is 85.3 cm³/mol. The topological polar surface area (TPSA) is 43.4 Å². The zero-order valence-corrected chi connectivity index (χ0v) is 14.2. The third-order valence-corrected chi connectivity index (χ3v) is 4.85. The molecule has 0 unspecified atom stereocenters. The summed E-state index contributed by atoms with van der Waals surface area (Å²) in [5.74, 6) is 0.169. The zero-order valence-electron chi connectivity index (χ0n) is 10.3. The molecule has 0 aliphatic carbocycles. The molecule has 21 heavy (non-hydrogen) atoms. The van der Waals surface area contributed by atoms with Gasteiger partial charge in [-0.15, -0.1) is 0 Å². The second kappa shape index (κ2) is 6.63. The van der Waals surface area contributed by atoms with Crippen molar-refractivity contribution in [1.29, 1.82) is 0 Å². The van der Waals surface area contributed by atoms with Crippen molar-refractivity contribution in [2.45, 2.75) is 11.5 Å². The van der Waals surface area contributed by atoms with Crippen LogP contribution in [0.2, 0.25) is 15.1 Å². The third kappa shape index (κ3) is 4.18. The Kier molecular flexibility index (Phi) is 5.28. The Bertz CT molecular complexity index is 752. The summed E-state index contributed by atoms with van der Waals surface area (Å²) in [5, 5.41) is 0.646. The van der Waals surface area contributed by atoms with Crippen molar-refractivity contribution < 1.29 is 13.2 Å². The summed E-state index contributed by atoms with van der Waals surface area (Å²) in [6.07, 6.45) is 0. The molecule has 2 aromatic carbocycles. The van der Waals surface area contributed by atoms with Gasteiger partial charge < -0.3 is 4.74 Å². The molecule has 0 atom stereocenters. The fraction of sp³-hybridized carbons (Fsp3) is 0.0769. The molecule has 0 fully saturated rings. The van der Waals surface area contributed by atoms with Crippen molar-refractivity contribution in [3.05, 3.63) is 57.0 Å². The number of benzene rings is 2. The predicted octanol–water partition coefficient (Wildman–Crippen LogP) is 5.15. The summed E-state index contributed by atoms with van der Waals surface area (Å²) >= 11 is 18.0. The van der Waals surface area contributed by atoms with E-state index in [0.29, 0.717) is 5.02 Å². The van der Waals surface area contributed by atoms with Gasteiger partial charge in [0.15, 0.2) is 5.75 Å². The van der Waals surface area contributed by atoms with Crippen LogP contribution < -0.4 is 4.74 Å². The highest BCUT2D eigenvalue weighted by molar-refractivity contribution is 8.13. The minimum Gasteiger partial charge on any atom is -0.486 e. The van der Waals surface area contributed by atoms with Gasteiger partial charge in [-0.1, -0.05) is 53.0 Å². The maximum atomic E-state index is 11.3. The molecular weight excluding hydrogens is 378 g/mol. The zero-order chi connectivity index (χ0) is 15.6. The van der Waals surface area contributed by atoms with Crippen LogP contribution in [-0.2, 0) is 15.7 Å². The summed E-state index contributed by atoms with van der Waals surface area (Å²) < 4.78 is 28.0. The van der Waals surface area contributed by atoms with E-state index in [1.165, 1.54) is 12.1 Å². The van der Waals surface area contributed by atoms with Crippen molar-refractivity contribution in [3.8, 4) is 5.75 Å². The second-order valence-corrected chi connectivity index (χ2v) is 7.82. The molecule has 2 aromatic rings. The molecule has 3 nitrogen and oxygen atoms in total. The van der Waals surface area contributed by atoms with Crippen molar-refractivity contribution in [1.82, 2.24) is 0 Å². The fourth-order valence-electron chi connectivity index (χ4n) is 1.58. The lowest BCUT2D eigenvalue weighted by Gasteiger charge is -2.11. The average Bonchev–Trinajstić information content (AvgIpc) is 2.38. The molecular formula is C13H8Cl4O3S. The summed E-state index contributed by atoms with van der Waals surface area (Å²) in [6, 6.07) is 9.49. The van der Waals surface area contributed by atoms with Gasteiger partial charge >= 0.3 is 0 Å². The van der Waals surface area contributed by atoms with Gasteiger partial charge in [-0.3, -0.25) is 0 Å². The van der Waals surface area contributed by atoms with Crippen LogP contribution in [0.1, 0.15) is 5.56 Å². The summed E-state index contributed by atoms with van der Waals surface area (Å²) in [4.78, 5) is -0.190. The molecule has 0 aliphatic rings. The minimum absolute atomic E-state index is 0.0498. The Morgan fingerprint density at radius 1 is 0.952 bits per heavy atom. The van der Waals surface area contributed by atoms with Gasteiger partial charge in [0, 0.05) is 21.3 Å². The molecule has 0 amide bonds. The van der Waals surface area contributed by atoms with Crippen LogP contribution >= 0.6 is 45.5 Å². The number of halogens is 4. The first kappa shape index (κ1) is 16.7. The van der Waals surface area contributed by atoms with E-state index in [0.717, 1.165) is 5.56 Å². The maximum absolute atomic E-state index is 11.3. The quantitative estimate of drug-likeness (QED) is 0.683. The van der Waals surface area contributed by atoms with Gasteiger partial charge in [0.1, 0.15) is 6.61 Å². The van der Waals surface area contributed by atoms with Crippen LogP contribution in [0.25, 0.3) is 0 Å². The van der Waals surface area contributed by atoms with Gasteiger partial charge in [0.25, 0.3) is 9.05 Å². The van der Waals surface area contributed by atoms with Gasteiger partial charge in [-0.25, -0.2) is 8.42 Å². The van der Waals surface area contributed by atoms with Crippen LogP contribution in [0.5, 0.6) is 5.75 Å². The molecule has 0 saturated carbocycles. The summed E-state index contributed by atoms with van der Waals surface area (Å²) in [7, 11) is 1.33.